The number of allylic oxidation sites excluding steroid dienone is 15. The Morgan fingerprint density at radius 2 is 1.77 bits per heavy atom. The summed E-state index contributed by atoms with van der Waals surface area (Å²) in [6.07, 6.45) is 26.5. The van der Waals surface area contributed by atoms with Gasteiger partial charge in [-0.15, -0.1) is 0 Å². The van der Waals surface area contributed by atoms with Crippen LogP contribution >= 0.6 is 0 Å². The minimum Gasteiger partial charge on any atom is -0.208 e. The summed E-state index contributed by atoms with van der Waals surface area (Å²) in [7, 11) is 2.07. The van der Waals surface area contributed by atoms with Gasteiger partial charge < -0.3 is 0 Å². The van der Waals surface area contributed by atoms with Crippen LogP contribution in [0.5, 0.6) is 0 Å². The molecule has 0 saturated carbocycles. The smallest absolute Gasteiger partial charge is 0.168 e. The normalized spacial score (nSPS) is 32.4. The van der Waals surface area contributed by atoms with Crippen molar-refractivity contribution in [3.63, 3.8) is 0 Å². The number of hydrogen-bond donors (Lipinski definition) is 0. The van der Waals surface area contributed by atoms with E-state index in [0.29, 0.717) is 17.8 Å². The summed E-state index contributed by atoms with van der Waals surface area (Å²) < 4.78 is 2.09. The molecule has 3 unspecified atom stereocenters. The van der Waals surface area contributed by atoms with Gasteiger partial charge in [0.2, 0.25) is 0 Å². The average Bonchev–Trinajstić information content (AvgIpc) is 2.68. The van der Waals surface area contributed by atoms with Crippen LogP contribution in [-0.4, -0.2) is 17.8 Å². The van der Waals surface area contributed by atoms with E-state index in [0.717, 1.165) is 6.42 Å². The molecule has 3 atom stereocenters. The molecule has 0 aromatic heterocycles. The van der Waals surface area contributed by atoms with Gasteiger partial charge in [-0.25, -0.2) is 4.58 Å². The molecule has 1 nitrogen and oxygen atoms in total. The molecule has 0 aromatic carbocycles. The molecule has 3 rings (SSSR count). The SMILES string of the molecule is C\C=C/[N+](C)=C\C=C\C1=C2/C=C(C(C)(C)C)C=C(/C=C\C3CC(C)=C/C(=C/1)C3C)C2C. The zero-order chi connectivity index (χ0) is 22.8. The van der Waals surface area contributed by atoms with Crippen LogP contribution in [0, 0.1) is 23.2 Å². The Balaban J connectivity index is 2.26. The topological polar surface area (TPSA) is 3.01 Å². The molecule has 0 aliphatic heterocycles. The summed E-state index contributed by atoms with van der Waals surface area (Å²) >= 11 is 0. The number of nitrogens with zero attached hydrogens (tertiary/aromatic N) is 1. The van der Waals surface area contributed by atoms with Crippen molar-refractivity contribution >= 4 is 6.21 Å². The molecular weight excluding hydrogens is 374 g/mol. The van der Waals surface area contributed by atoms with E-state index >= 15 is 0 Å². The lowest BCUT2D eigenvalue weighted by molar-refractivity contribution is -0.416. The molecule has 3 aliphatic carbocycles. The highest BCUT2D eigenvalue weighted by Crippen LogP contribution is 2.42. The standard InChI is InChI=1S/C30H40N/c1-9-14-31(8)15-10-11-26-18-27-17-21(2)16-24(22(27)3)12-13-25-19-28(30(5,6)7)20-29(26)23(25)4/h9-15,17-20,22-24H,16H2,1-8H3/q+1/b11-10+,13-12-,14-9-,27-18-,29-26-,31-15-. The molecule has 0 heterocycles. The van der Waals surface area contributed by atoms with Crippen LogP contribution in [0.4, 0.5) is 0 Å². The van der Waals surface area contributed by atoms with E-state index in [9.17, 15) is 0 Å². The van der Waals surface area contributed by atoms with Crippen LogP contribution in [0.1, 0.15) is 54.9 Å². The quantitative estimate of drug-likeness (QED) is 0.328. The van der Waals surface area contributed by atoms with Gasteiger partial charge in [-0.2, -0.15) is 0 Å². The number of rotatable bonds is 3. The summed E-state index contributed by atoms with van der Waals surface area (Å²) in [6.45, 7) is 16.0. The fourth-order valence-electron chi connectivity index (χ4n) is 4.66. The first-order valence-electron chi connectivity index (χ1n) is 11.7. The van der Waals surface area contributed by atoms with E-state index in [-0.39, 0.29) is 5.41 Å². The van der Waals surface area contributed by atoms with E-state index < -0.39 is 0 Å². The number of hydrogen-bond acceptors (Lipinski definition) is 0. The molecule has 0 N–H and O–H groups in total. The summed E-state index contributed by atoms with van der Waals surface area (Å²) in [6, 6.07) is 0. The predicted octanol–water partition coefficient (Wildman–Crippen LogP) is 7.73. The third-order valence-electron chi connectivity index (χ3n) is 6.78. The van der Waals surface area contributed by atoms with Crippen LogP contribution in [0.25, 0.3) is 0 Å². The van der Waals surface area contributed by atoms with E-state index in [1.807, 2.05) is 6.92 Å². The Bertz CT molecular complexity index is 990. The minimum absolute atomic E-state index is 0.120. The van der Waals surface area contributed by atoms with Crippen LogP contribution in [0.3, 0.4) is 0 Å². The molecular formula is C30H40N+. The molecule has 31 heavy (non-hydrogen) atoms. The Morgan fingerprint density at radius 3 is 2.45 bits per heavy atom. The molecule has 3 aliphatic rings. The lowest BCUT2D eigenvalue weighted by atomic mass is 9.72. The van der Waals surface area contributed by atoms with Gasteiger partial charge in [-0.05, 0) is 77.5 Å². The summed E-state index contributed by atoms with van der Waals surface area (Å²) in [5.74, 6) is 1.47. The van der Waals surface area contributed by atoms with Crippen LogP contribution < -0.4 is 0 Å². The molecule has 0 radical (unpaired) electrons. The van der Waals surface area contributed by atoms with Gasteiger partial charge in [0.15, 0.2) is 12.4 Å². The molecule has 1 heteroatoms. The van der Waals surface area contributed by atoms with E-state index in [1.54, 1.807) is 0 Å². The zero-order valence-corrected chi connectivity index (χ0v) is 20.7. The van der Waals surface area contributed by atoms with Crippen molar-refractivity contribution in [2.45, 2.75) is 54.9 Å². The maximum atomic E-state index is 2.47. The van der Waals surface area contributed by atoms with Gasteiger partial charge in [-0.3, -0.25) is 0 Å². The first-order chi connectivity index (χ1) is 14.6. The third-order valence-corrected chi connectivity index (χ3v) is 6.78. The lowest BCUT2D eigenvalue weighted by Crippen LogP contribution is -2.19. The molecule has 0 fully saturated rings. The van der Waals surface area contributed by atoms with Gasteiger partial charge in [-0.1, -0.05) is 76.6 Å². The molecule has 4 bridgehead atoms. The summed E-state index contributed by atoms with van der Waals surface area (Å²) in [5, 5.41) is 0. The zero-order valence-electron chi connectivity index (χ0n) is 20.7. The fourth-order valence-corrected chi connectivity index (χ4v) is 4.66. The highest BCUT2D eigenvalue weighted by Gasteiger charge is 2.28. The molecule has 164 valence electrons. The van der Waals surface area contributed by atoms with Crippen molar-refractivity contribution < 1.29 is 4.58 Å². The van der Waals surface area contributed by atoms with Gasteiger partial charge >= 0.3 is 0 Å². The largest absolute Gasteiger partial charge is 0.208 e. The maximum absolute atomic E-state index is 2.47. The monoisotopic (exact) mass is 414 g/mol. The van der Waals surface area contributed by atoms with Gasteiger partial charge in [0.25, 0.3) is 0 Å². The minimum atomic E-state index is 0.120. The molecule has 0 aromatic rings. The Morgan fingerprint density at radius 1 is 1.03 bits per heavy atom. The Labute approximate surface area is 190 Å². The van der Waals surface area contributed by atoms with E-state index in [1.165, 1.54) is 33.4 Å². The fraction of sp³-hybridized carbons (Fsp3) is 0.433. The third kappa shape index (κ3) is 5.45. The van der Waals surface area contributed by atoms with Gasteiger partial charge in [0, 0.05) is 12.0 Å². The second-order valence-corrected chi connectivity index (χ2v) is 10.4. The molecule has 0 amide bonds. The number of fused-ring (bicyclic) bond motifs is 4. The lowest BCUT2D eigenvalue weighted by Gasteiger charge is -2.33. The average molecular weight is 415 g/mol. The van der Waals surface area contributed by atoms with Crippen LogP contribution in [-0.2, 0) is 0 Å². The van der Waals surface area contributed by atoms with E-state index in [4.69, 9.17) is 0 Å². The van der Waals surface area contributed by atoms with Crippen molar-refractivity contribution in [1.29, 1.82) is 0 Å². The summed E-state index contributed by atoms with van der Waals surface area (Å²) in [4.78, 5) is 0. The van der Waals surface area contributed by atoms with Gasteiger partial charge in [0.05, 0.1) is 0 Å². The second-order valence-electron chi connectivity index (χ2n) is 10.4. The highest BCUT2D eigenvalue weighted by atomic mass is 14.9. The van der Waals surface area contributed by atoms with Gasteiger partial charge in [0.1, 0.15) is 7.05 Å². The highest BCUT2D eigenvalue weighted by molar-refractivity contribution is 5.69. The Kier molecular flexibility index (Phi) is 7.04. The molecule has 0 spiro atoms. The van der Waals surface area contributed by atoms with E-state index in [2.05, 4.69) is 120 Å². The van der Waals surface area contributed by atoms with Crippen molar-refractivity contribution in [1.82, 2.24) is 0 Å². The van der Waals surface area contributed by atoms with Crippen molar-refractivity contribution in [3.8, 4) is 0 Å². The second kappa shape index (κ2) is 9.39. The van der Waals surface area contributed by atoms with Crippen LogP contribution in [0.2, 0.25) is 0 Å². The Hall–Kier alpha value is -2.41. The van der Waals surface area contributed by atoms with Crippen molar-refractivity contribution in [2.75, 3.05) is 7.05 Å². The molecule has 0 saturated heterocycles. The van der Waals surface area contributed by atoms with Crippen molar-refractivity contribution in [3.05, 3.63) is 94.3 Å². The first kappa shape index (κ1) is 23.3. The summed E-state index contributed by atoms with van der Waals surface area (Å²) in [5.41, 5.74) is 8.62. The predicted molar refractivity (Wildman–Crippen MR) is 136 cm³/mol. The van der Waals surface area contributed by atoms with Crippen LogP contribution in [0.15, 0.2) is 94.3 Å². The maximum Gasteiger partial charge on any atom is 0.168 e. The first-order valence-corrected chi connectivity index (χ1v) is 11.7. The van der Waals surface area contributed by atoms with Crippen molar-refractivity contribution in [2.24, 2.45) is 23.2 Å².